The van der Waals surface area contributed by atoms with Crippen LogP contribution in [0.4, 0.5) is 0 Å². The first-order valence-electron chi connectivity index (χ1n) is 6.77. The van der Waals surface area contributed by atoms with Gasteiger partial charge in [-0.2, -0.15) is 0 Å². The van der Waals surface area contributed by atoms with E-state index in [1.807, 2.05) is 30.3 Å². The van der Waals surface area contributed by atoms with E-state index in [-0.39, 0.29) is 0 Å². The molecule has 0 atom stereocenters. The van der Waals surface area contributed by atoms with Crippen LogP contribution in [0.15, 0.2) is 48.8 Å². The summed E-state index contributed by atoms with van der Waals surface area (Å²) < 4.78 is 5.19. The Morgan fingerprint density at radius 2 is 2.18 bits per heavy atom. The summed E-state index contributed by atoms with van der Waals surface area (Å²) in [5.41, 5.74) is 8.31. The number of H-pyrrole nitrogens is 1. The Morgan fingerprint density at radius 3 is 2.95 bits per heavy atom. The molecule has 3 N–H and O–H groups in total. The molecule has 110 valence electrons. The van der Waals surface area contributed by atoms with Crippen molar-refractivity contribution >= 4 is 28.6 Å². The number of aromatic amines is 1. The maximum Gasteiger partial charge on any atom is 0.249 e. The summed E-state index contributed by atoms with van der Waals surface area (Å²) in [6, 6.07) is 11.0. The number of pyridine rings is 1. The zero-order valence-corrected chi connectivity index (χ0v) is 12.0. The number of carbonyl (C=O) groups excluding carboxylic acids is 1. The molecule has 0 aliphatic carbocycles. The van der Waals surface area contributed by atoms with Crippen molar-refractivity contribution in [1.82, 2.24) is 9.97 Å². The first-order chi connectivity index (χ1) is 10.7. The molecule has 2 aromatic heterocycles. The highest BCUT2D eigenvalue weighted by Gasteiger charge is 2.11. The van der Waals surface area contributed by atoms with Gasteiger partial charge >= 0.3 is 0 Å². The molecule has 0 saturated carbocycles. The van der Waals surface area contributed by atoms with E-state index >= 15 is 0 Å². The molecule has 22 heavy (non-hydrogen) atoms. The number of nitrogens with zero attached hydrogens (tertiary/aromatic N) is 1. The van der Waals surface area contributed by atoms with Crippen LogP contribution in [0.2, 0.25) is 0 Å². The van der Waals surface area contributed by atoms with Crippen LogP contribution in [-0.4, -0.2) is 23.0 Å². The van der Waals surface area contributed by atoms with Gasteiger partial charge in [-0.05, 0) is 35.9 Å². The Hall–Kier alpha value is -3.08. The standard InChI is InChI=1S/C17H15N3O2/c1-22-13-5-2-4-11(8-13)15(16(18)21)9-12-10-20-17-14(12)6-3-7-19-17/h2-10H,1H3,(H2,18,21)(H,19,20)/b15-9-. The van der Waals surface area contributed by atoms with E-state index in [0.29, 0.717) is 16.9 Å². The van der Waals surface area contributed by atoms with Gasteiger partial charge in [-0.15, -0.1) is 0 Å². The Balaban J connectivity index is 2.13. The number of nitrogens with one attached hydrogen (secondary N) is 1. The van der Waals surface area contributed by atoms with Gasteiger partial charge in [-0.25, -0.2) is 4.98 Å². The number of hydrogen-bond donors (Lipinski definition) is 2. The van der Waals surface area contributed by atoms with E-state index in [2.05, 4.69) is 9.97 Å². The maximum atomic E-state index is 11.8. The van der Waals surface area contributed by atoms with E-state index in [1.165, 1.54) is 0 Å². The second kappa shape index (κ2) is 5.73. The smallest absolute Gasteiger partial charge is 0.249 e. The zero-order valence-electron chi connectivity index (χ0n) is 12.0. The number of methoxy groups -OCH3 is 1. The molecule has 0 spiro atoms. The third-order valence-electron chi connectivity index (χ3n) is 3.43. The van der Waals surface area contributed by atoms with Crippen LogP contribution in [0.3, 0.4) is 0 Å². The van der Waals surface area contributed by atoms with Crippen LogP contribution in [0, 0.1) is 0 Å². The number of fused-ring (bicyclic) bond motifs is 1. The number of amides is 1. The molecule has 1 aromatic carbocycles. The average Bonchev–Trinajstić information content (AvgIpc) is 2.95. The van der Waals surface area contributed by atoms with E-state index in [1.54, 1.807) is 31.6 Å². The maximum absolute atomic E-state index is 11.8. The summed E-state index contributed by atoms with van der Waals surface area (Å²) in [5.74, 6) is 0.178. The molecule has 0 aliphatic heterocycles. The summed E-state index contributed by atoms with van der Waals surface area (Å²) in [5, 5.41) is 0.934. The molecule has 0 saturated heterocycles. The molecule has 0 unspecified atom stereocenters. The predicted molar refractivity (Wildman–Crippen MR) is 86.2 cm³/mol. The Morgan fingerprint density at radius 1 is 1.32 bits per heavy atom. The van der Waals surface area contributed by atoms with Gasteiger partial charge in [0.1, 0.15) is 11.4 Å². The largest absolute Gasteiger partial charge is 0.497 e. The Kier molecular flexibility index (Phi) is 3.62. The van der Waals surface area contributed by atoms with E-state index < -0.39 is 5.91 Å². The summed E-state index contributed by atoms with van der Waals surface area (Å²) in [6.45, 7) is 0. The van der Waals surface area contributed by atoms with Crippen molar-refractivity contribution in [1.29, 1.82) is 0 Å². The van der Waals surface area contributed by atoms with Gasteiger partial charge in [-0.1, -0.05) is 12.1 Å². The molecule has 0 fully saturated rings. The van der Waals surface area contributed by atoms with Crippen molar-refractivity contribution in [3.05, 3.63) is 59.9 Å². The third-order valence-corrected chi connectivity index (χ3v) is 3.43. The van der Waals surface area contributed by atoms with Gasteiger partial charge in [0, 0.05) is 28.9 Å². The van der Waals surface area contributed by atoms with Gasteiger partial charge < -0.3 is 15.5 Å². The summed E-state index contributed by atoms with van der Waals surface area (Å²) in [6.07, 6.45) is 5.28. The van der Waals surface area contributed by atoms with Crippen LogP contribution >= 0.6 is 0 Å². The molecule has 2 heterocycles. The SMILES string of the molecule is COc1cccc(/C(=C/c2c[nH]c3ncccc23)C(N)=O)c1. The lowest BCUT2D eigenvalue weighted by Gasteiger charge is -2.06. The summed E-state index contributed by atoms with van der Waals surface area (Å²) in [4.78, 5) is 19.2. The molecule has 5 heteroatoms. The normalized spacial score (nSPS) is 11.6. The third kappa shape index (κ3) is 2.56. The fraction of sp³-hybridized carbons (Fsp3) is 0.0588. The zero-order chi connectivity index (χ0) is 15.5. The van der Waals surface area contributed by atoms with Crippen LogP contribution in [-0.2, 0) is 4.79 Å². The van der Waals surface area contributed by atoms with Gasteiger partial charge in [0.2, 0.25) is 5.91 Å². The van der Waals surface area contributed by atoms with E-state index in [9.17, 15) is 4.79 Å². The lowest BCUT2D eigenvalue weighted by atomic mass is 10.0. The first-order valence-corrected chi connectivity index (χ1v) is 6.77. The molecule has 1 amide bonds. The highest BCUT2D eigenvalue weighted by atomic mass is 16.5. The first kappa shape index (κ1) is 13.9. The van der Waals surface area contributed by atoms with Crippen LogP contribution in [0.5, 0.6) is 5.75 Å². The van der Waals surface area contributed by atoms with Crippen molar-refractivity contribution in [3.63, 3.8) is 0 Å². The fourth-order valence-corrected chi connectivity index (χ4v) is 2.34. The number of nitrogens with two attached hydrogens (primary N) is 1. The monoisotopic (exact) mass is 293 g/mol. The Labute approximate surface area is 127 Å². The van der Waals surface area contributed by atoms with E-state index in [0.717, 1.165) is 16.6 Å². The van der Waals surface area contributed by atoms with Gasteiger partial charge in [0.25, 0.3) is 0 Å². The van der Waals surface area contributed by atoms with Crippen LogP contribution in [0.1, 0.15) is 11.1 Å². The fourth-order valence-electron chi connectivity index (χ4n) is 2.34. The van der Waals surface area contributed by atoms with Crippen LogP contribution in [0.25, 0.3) is 22.7 Å². The molecule has 3 aromatic rings. The molecular formula is C17H15N3O2. The topological polar surface area (TPSA) is 81.0 Å². The molecule has 5 nitrogen and oxygen atoms in total. The number of primary amides is 1. The minimum atomic E-state index is -0.494. The molecule has 3 rings (SSSR count). The second-order valence-corrected chi connectivity index (χ2v) is 4.80. The predicted octanol–water partition coefficient (Wildman–Crippen LogP) is 2.60. The van der Waals surface area contributed by atoms with Gasteiger partial charge in [0.05, 0.1) is 7.11 Å². The Bertz CT molecular complexity index is 865. The highest BCUT2D eigenvalue weighted by molar-refractivity contribution is 6.24. The second-order valence-electron chi connectivity index (χ2n) is 4.80. The number of rotatable bonds is 4. The van der Waals surface area contributed by atoms with Crippen molar-refractivity contribution in [2.24, 2.45) is 5.73 Å². The molecular weight excluding hydrogens is 278 g/mol. The molecule has 0 radical (unpaired) electrons. The number of benzene rings is 1. The lowest BCUT2D eigenvalue weighted by molar-refractivity contribution is -0.112. The number of ether oxygens (including phenoxy) is 1. The summed E-state index contributed by atoms with van der Waals surface area (Å²) in [7, 11) is 1.58. The van der Waals surface area contributed by atoms with Gasteiger partial charge in [-0.3, -0.25) is 4.79 Å². The summed E-state index contributed by atoms with van der Waals surface area (Å²) >= 11 is 0. The lowest BCUT2D eigenvalue weighted by Crippen LogP contribution is -2.12. The quantitative estimate of drug-likeness (QED) is 0.725. The minimum absolute atomic E-state index is 0.420. The number of hydrogen-bond acceptors (Lipinski definition) is 3. The highest BCUT2D eigenvalue weighted by Crippen LogP contribution is 2.25. The minimum Gasteiger partial charge on any atom is -0.497 e. The molecule has 0 aliphatic rings. The van der Waals surface area contributed by atoms with Crippen LogP contribution < -0.4 is 10.5 Å². The van der Waals surface area contributed by atoms with Gasteiger partial charge in [0.15, 0.2) is 0 Å². The number of aromatic nitrogens is 2. The van der Waals surface area contributed by atoms with Crippen molar-refractivity contribution < 1.29 is 9.53 Å². The van der Waals surface area contributed by atoms with Crippen molar-refractivity contribution in [3.8, 4) is 5.75 Å². The van der Waals surface area contributed by atoms with Crippen molar-refractivity contribution in [2.45, 2.75) is 0 Å². The van der Waals surface area contributed by atoms with E-state index in [4.69, 9.17) is 10.5 Å². The molecule has 0 bridgehead atoms. The van der Waals surface area contributed by atoms with Crippen molar-refractivity contribution in [2.75, 3.05) is 7.11 Å². The number of carbonyl (C=O) groups is 1. The average molecular weight is 293 g/mol.